The number of nitrogens with zero attached hydrogens (tertiary/aromatic N) is 2. The van der Waals surface area contributed by atoms with Crippen molar-refractivity contribution in [2.45, 2.75) is 32.7 Å². The van der Waals surface area contributed by atoms with Crippen LogP contribution in [-0.4, -0.2) is 60.4 Å². The Hall–Kier alpha value is -1.10. The van der Waals surface area contributed by atoms with Gasteiger partial charge in [0.2, 0.25) is 0 Å². The van der Waals surface area contributed by atoms with Gasteiger partial charge in [0.05, 0.1) is 0 Å². The van der Waals surface area contributed by atoms with E-state index in [-0.39, 0.29) is 17.9 Å². The zero-order chi connectivity index (χ0) is 13.1. The van der Waals surface area contributed by atoms with Crippen molar-refractivity contribution in [1.82, 2.24) is 15.1 Å². The zero-order valence-electron chi connectivity index (χ0n) is 11.3. The summed E-state index contributed by atoms with van der Waals surface area (Å²) < 4.78 is 0. The quantitative estimate of drug-likeness (QED) is 0.673. The number of carbonyl (C=O) groups excluding carboxylic acids is 2. The summed E-state index contributed by atoms with van der Waals surface area (Å²) in [6.07, 6.45) is 2.04. The number of amides is 2. The first-order valence-electron chi connectivity index (χ1n) is 6.92. The maximum Gasteiger partial charge on any atom is 0.312 e. The van der Waals surface area contributed by atoms with Crippen LogP contribution in [0.1, 0.15) is 26.7 Å². The monoisotopic (exact) mass is 253 g/mol. The molecule has 2 saturated heterocycles. The molecule has 1 atom stereocenters. The molecule has 102 valence electrons. The molecule has 0 bridgehead atoms. The van der Waals surface area contributed by atoms with Crippen LogP contribution in [0.4, 0.5) is 0 Å². The summed E-state index contributed by atoms with van der Waals surface area (Å²) in [4.78, 5) is 27.9. The highest BCUT2D eigenvalue weighted by molar-refractivity contribution is 6.35. The third-order valence-electron chi connectivity index (χ3n) is 3.92. The molecule has 2 aliphatic rings. The highest BCUT2D eigenvalue weighted by Gasteiger charge is 2.36. The number of piperazine rings is 1. The summed E-state index contributed by atoms with van der Waals surface area (Å²) in [5.74, 6) is -0.190. The molecule has 18 heavy (non-hydrogen) atoms. The highest BCUT2D eigenvalue weighted by atomic mass is 16.2. The van der Waals surface area contributed by atoms with Gasteiger partial charge in [0.15, 0.2) is 0 Å². The summed E-state index contributed by atoms with van der Waals surface area (Å²) in [7, 11) is 0. The number of likely N-dealkylation sites (tertiary alicyclic amines) is 1. The normalized spacial score (nSPS) is 24.7. The fraction of sp³-hybridized carbons (Fsp3) is 0.846. The van der Waals surface area contributed by atoms with Gasteiger partial charge in [0, 0.05) is 38.8 Å². The second kappa shape index (κ2) is 5.69. The van der Waals surface area contributed by atoms with Crippen LogP contribution < -0.4 is 5.32 Å². The molecule has 0 spiro atoms. The third kappa shape index (κ3) is 2.66. The van der Waals surface area contributed by atoms with Gasteiger partial charge < -0.3 is 15.1 Å². The van der Waals surface area contributed by atoms with E-state index in [0.717, 1.165) is 32.5 Å². The van der Waals surface area contributed by atoms with E-state index in [1.54, 1.807) is 9.80 Å². The van der Waals surface area contributed by atoms with Crippen LogP contribution in [-0.2, 0) is 9.59 Å². The predicted molar refractivity (Wildman–Crippen MR) is 69.0 cm³/mol. The van der Waals surface area contributed by atoms with Crippen molar-refractivity contribution in [3.05, 3.63) is 0 Å². The van der Waals surface area contributed by atoms with Gasteiger partial charge in [-0.05, 0) is 18.8 Å². The van der Waals surface area contributed by atoms with Crippen molar-refractivity contribution in [1.29, 1.82) is 0 Å². The molecule has 5 nitrogen and oxygen atoms in total. The van der Waals surface area contributed by atoms with Crippen LogP contribution in [0, 0.1) is 5.92 Å². The molecule has 0 aromatic heterocycles. The molecule has 1 unspecified atom stereocenters. The van der Waals surface area contributed by atoms with Gasteiger partial charge in [0.25, 0.3) is 0 Å². The number of hydrogen-bond donors (Lipinski definition) is 1. The molecule has 5 heteroatoms. The third-order valence-corrected chi connectivity index (χ3v) is 3.92. The van der Waals surface area contributed by atoms with Crippen LogP contribution in [0.3, 0.4) is 0 Å². The summed E-state index contributed by atoms with van der Waals surface area (Å²) in [6, 6.07) is 0.240. The Kier molecular flexibility index (Phi) is 4.22. The Labute approximate surface area is 108 Å². The standard InChI is InChI=1S/C13H23N3O2/c1-10(2)11-4-3-7-16(11)13(18)12(17)15-8-5-14-6-9-15/h10-11,14H,3-9H2,1-2H3. The fourth-order valence-electron chi connectivity index (χ4n) is 2.86. The minimum absolute atomic E-state index is 0.240. The van der Waals surface area contributed by atoms with Crippen LogP contribution in [0.15, 0.2) is 0 Å². The van der Waals surface area contributed by atoms with E-state index in [1.165, 1.54) is 0 Å². The Balaban J connectivity index is 1.99. The number of nitrogens with one attached hydrogen (secondary N) is 1. The largest absolute Gasteiger partial charge is 0.332 e. The maximum atomic E-state index is 12.3. The summed E-state index contributed by atoms with van der Waals surface area (Å²) in [5.41, 5.74) is 0. The van der Waals surface area contributed by atoms with Crippen molar-refractivity contribution in [2.75, 3.05) is 32.7 Å². The molecule has 2 fully saturated rings. The molecular formula is C13H23N3O2. The number of hydrogen-bond acceptors (Lipinski definition) is 3. The lowest BCUT2D eigenvalue weighted by Gasteiger charge is -2.31. The van der Waals surface area contributed by atoms with Gasteiger partial charge in [-0.15, -0.1) is 0 Å². The molecule has 2 amide bonds. The van der Waals surface area contributed by atoms with E-state index in [9.17, 15) is 9.59 Å². The Morgan fingerprint density at radius 2 is 1.78 bits per heavy atom. The molecule has 2 heterocycles. The van der Waals surface area contributed by atoms with Crippen LogP contribution in [0.25, 0.3) is 0 Å². The lowest BCUT2D eigenvalue weighted by molar-refractivity contribution is -0.153. The van der Waals surface area contributed by atoms with Gasteiger partial charge in [-0.1, -0.05) is 13.8 Å². The van der Waals surface area contributed by atoms with E-state index in [4.69, 9.17) is 0 Å². The topological polar surface area (TPSA) is 52.7 Å². The second-order valence-corrected chi connectivity index (χ2v) is 5.49. The predicted octanol–water partition coefficient (Wildman–Crippen LogP) is 0.0652. The van der Waals surface area contributed by atoms with Gasteiger partial charge in [0.1, 0.15) is 0 Å². The first-order chi connectivity index (χ1) is 8.61. The second-order valence-electron chi connectivity index (χ2n) is 5.49. The van der Waals surface area contributed by atoms with Crippen molar-refractivity contribution in [2.24, 2.45) is 5.92 Å². The highest BCUT2D eigenvalue weighted by Crippen LogP contribution is 2.24. The van der Waals surface area contributed by atoms with Crippen molar-refractivity contribution in [3.8, 4) is 0 Å². The van der Waals surface area contributed by atoms with E-state index in [2.05, 4.69) is 19.2 Å². The Bertz CT molecular complexity index is 324. The lowest BCUT2D eigenvalue weighted by Crippen LogP contribution is -2.53. The molecule has 0 aromatic rings. The number of rotatable bonds is 1. The molecular weight excluding hydrogens is 230 g/mol. The van der Waals surface area contributed by atoms with E-state index in [1.807, 2.05) is 0 Å². The molecule has 0 aliphatic carbocycles. The van der Waals surface area contributed by atoms with Crippen molar-refractivity contribution < 1.29 is 9.59 Å². The van der Waals surface area contributed by atoms with Crippen molar-refractivity contribution >= 4 is 11.8 Å². The first kappa shape index (κ1) is 13.3. The minimum Gasteiger partial charge on any atom is -0.332 e. The average molecular weight is 253 g/mol. The average Bonchev–Trinajstić information content (AvgIpc) is 2.87. The smallest absolute Gasteiger partial charge is 0.312 e. The molecule has 0 radical (unpaired) electrons. The summed E-state index contributed by atoms with van der Waals surface area (Å²) >= 11 is 0. The maximum absolute atomic E-state index is 12.3. The number of carbonyl (C=O) groups is 2. The Morgan fingerprint density at radius 1 is 1.11 bits per heavy atom. The van der Waals surface area contributed by atoms with Gasteiger partial charge in [-0.25, -0.2) is 0 Å². The fourth-order valence-corrected chi connectivity index (χ4v) is 2.86. The summed E-state index contributed by atoms with van der Waals surface area (Å²) in [6.45, 7) is 7.82. The van der Waals surface area contributed by atoms with Gasteiger partial charge in [-0.3, -0.25) is 9.59 Å². The van der Waals surface area contributed by atoms with Crippen LogP contribution in [0.5, 0.6) is 0 Å². The SMILES string of the molecule is CC(C)C1CCCN1C(=O)C(=O)N1CCNCC1. The molecule has 0 aromatic carbocycles. The van der Waals surface area contributed by atoms with Gasteiger partial charge >= 0.3 is 11.8 Å². The molecule has 2 aliphatic heterocycles. The van der Waals surface area contributed by atoms with E-state index < -0.39 is 0 Å². The van der Waals surface area contributed by atoms with E-state index >= 15 is 0 Å². The molecule has 1 N–H and O–H groups in total. The van der Waals surface area contributed by atoms with Gasteiger partial charge in [-0.2, -0.15) is 0 Å². The Morgan fingerprint density at radius 3 is 2.39 bits per heavy atom. The van der Waals surface area contributed by atoms with Crippen LogP contribution in [0.2, 0.25) is 0 Å². The summed E-state index contributed by atoms with van der Waals surface area (Å²) in [5, 5.41) is 3.19. The molecule has 0 saturated carbocycles. The zero-order valence-corrected chi connectivity index (χ0v) is 11.3. The van der Waals surface area contributed by atoms with E-state index in [0.29, 0.717) is 19.0 Å². The lowest BCUT2D eigenvalue weighted by atomic mass is 10.0. The molecule has 2 rings (SSSR count). The van der Waals surface area contributed by atoms with Crippen LogP contribution >= 0.6 is 0 Å². The first-order valence-corrected chi connectivity index (χ1v) is 6.92. The van der Waals surface area contributed by atoms with Crippen molar-refractivity contribution in [3.63, 3.8) is 0 Å². The minimum atomic E-state index is -0.316.